The highest BCUT2D eigenvalue weighted by atomic mass is 31.1. The summed E-state index contributed by atoms with van der Waals surface area (Å²) < 4.78 is 11.9. The average molecular weight is 382 g/mol. The molecule has 3 unspecified atom stereocenters. The zero-order chi connectivity index (χ0) is 19.3. The molecular weight excluding hydrogens is 355 g/mol. The van der Waals surface area contributed by atoms with E-state index in [1.54, 1.807) is 13.8 Å². The first-order chi connectivity index (χ1) is 12.3. The molecule has 1 aliphatic rings. The molecule has 1 aromatic carbocycles. The summed E-state index contributed by atoms with van der Waals surface area (Å²) in [6.07, 6.45) is 0.256. The molecule has 8 heteroatoms. The summed E-state index contributed by atoms with van der Waals surface area (Å²) in [5.41, 5.74) is 0.861. The van der Waals surface area contributed by atoms with Gasteiger partial charge in [0.05, 0.1) is 6.54 Å². The Morgan fingerprint density at radius 2 is 2.00 bits per heavy atom. The Morgan fingerprint density at radius 1 is 1.35 bits per heavy atom. The first kappa shape index (κ1) is 20.5. The number of aliphatic hydroxyl groups excluding tert-OH is 1. The minimum absolute atomic E-state index is 0.140. The average Bonchev–Trinajstić information content (AvgIpc) is 3.02. The molecule has 1 saturated heterocycles. The molecule has 0 aromatic heterocycles. The number of imide groups is 1. The third kappa shape index (κ3) is 4.11. The highest BCUT2D eigenvalue weighted by Crippen LogP contribution is 2.34. The van der Waals surface area contributed by atoms with Gasteiger partial charge in [-0.3, -0.25) is 0 Å². The van der Waals surface area contributed by atoms with Crippen LogP contribution in [0.1, 0.15) is 32.3 Å². The minimum atomic E-state index is -2.11. The third-order valence-electron chi connectivity index (χ3n) is 5.12. The molecule has 1 heterocycles. The molecule has 142 valence electrons. The Balaban J connectivity index is 2.09. The number of amides is 3. The van der Waals surface area contributed by atoms with Crippen LogP contribution in [0, 0.1) is 0 Å². The van der Waals surface area contributed by atoms with Crippen molar-refractivity contribution in [1.82, 2.24) is 4.90 Å². The SMILES string of the molecule is CCN(C[P+](=O)C(O)Cc1ccccc1)C(=O)[N+]1(C(=O)O)CCC[C@H]1C. The molecule has 1 aliphatic heterocycles. The van der Waals surface area contributed by atoms with Crippen molar-refractivity contribution in [3.05, 3.63) is 35.9 Å². The van der Waals surface area contributed by atoms with E-state index in [4.69, 9.17) is 0 Å². The summed E-state index contributed by atoms with van der Waals surface area (Å²) in [4.78, 5) is 26.1. The van der Waals surface area contributed by atoms with E-state index < -0.39 is 30.3 Å². The van der Waals surface area contributed by atoms with Gasteiger partial charge >= 0.3 is 19.9 Å². The van der Waals surface area contributed by atoms with Crippen LogP contribution in [0.5, 0.6) is 0 Å². The van der Waals surface area contributed by atoms with E-state index in [9.17, 15) is 24.4 Å². The van der Waals surface area contributed by atoms with Gasteiger partial charge in [-0.25, -0.2) is 9.69 Å². The Labute approximate surface area is 154 Å². The number of hydrogen-bond acceptors (Lipinski definition) is 4. The number of rotatable bonds is 6. The molecule has 0 bridgehead atoms. The summed E-state index contributed by atoms with van der Waals surface area (Å²) >= 11 is 0. The summed E-state index contributed by atoms with van der Waals surface area (Å²) in [6, 6.07) is 8.36. The van der Waals surface area contributed by atoms with Crippen LogP contribution in [0.25, 0.3) is 0 Å². The molecule has 4 atom stereocenters. The van der Waals surface area contributed by atoms with Crippen molar-refractivity contribution in [1.29, 1.82) is 0 Å². The van der Waals surface area contributed by atoms with Crippen LogP contribution in [-0.4, -0.2) is 63.0 Å². The Kier molecular flexibility index (Phi) is 6.87. The first-order valence-corrected chi connectivity index (χ1v) is 10.4. The second-order valence-corrected chi connectivity index (χ2v) is 8.45. The van der Waals surface area contributed by atoms with Gasteiger partial charge in [0.2, 0.25) is 6.29 Å². The van der Waals surface area contributed by atoms with Crippen molar-refractivity contribution in [3.63, 3.8) is 0 Å². The van der Waals surface area contributed by atoms with Crippen molar-refractivity contribution in [3.8, 4) is 0 Å². The lowest BCUT2D eigenvalue weighted by Crippen LogP contribution is -2.62. The smallest absolute Gasteiger partial charge is 0.435 e. The van der Waals surface area contributed by atoms with Crippen molar-refractivity contribution in [2.24, 2.45) is 0 Å². The van der Waals surface area contributed by atoms with Crippen LogP contribution in [0.3, 0.4) is 0 Å². The fourth-order valence-electron chi connectivity index (χ4n) is 3.46. The predicted molar refractivity (Wildman–Crippen MR) is 98.3 cm³/mol. The largest absolute Gasteiger partial charge is 0.523 e. The van der Waals surface area contributed by atoms with Gasteiger partial charge in [0.15, 0.2) is 0 Å². The fraction of sp³-hybridized carbons (Fsp3) is 0.556. The van der Waals surface area contributed by atoms with Gasteiger partial charge in [-0.2, -0.15) is 4.79 Å². The lowest BCUT2D eigenvalue weighted by Gasteiger charge is -2.32. The van der Waals surface area contributed by atoms with E-state index in [1.165, 1.54) is 4.90 Å². The van der Waals surface area contributed by atoms with Crippen LogP contribution >= 0.6 is 7.80 Å². The summed E-state index contributed by atoms with van der Waals surface area (Å²) in [7, 11) is -2.11. The molecule has 26 heavy (non-hydrogen) atoms. The number of likely N-dealkylation sites (tertiary alicyclic amines) is 1. The first-order valence-electron chi connectivity index (χ1n) is 8.89. The van der Waals surface area contributed by atoms with Gasteiger partial charge in [0.1, 0.15) is 6.04 Å². The van der Waals surface area contributed by atoms with E-state index in [2.05, 4.69) is 0 Å². The molecule has 7 nitrogen and oxygen atoms in total. The van der Waals surface area contributed by atoms with Crippen LogP contribution in [-0.2, 0) is 11.0 Å². The molecule has 0 spiro atoms. The molecular formula is C18H27N2O5P+2. The van der Waals surface area contributed by atoms with Crippen LogP contribution in [0.2, 0.25) is 0 Å². The predicted octanol–water partition coefficient (Wildman–Crippen LogP) is 3.45. The standard InChI is InChI=1S/C18H26N2O5P/c1-3-19(17(22)20(18(23)24)11-7-8-14(20)2)13-26(25)16(21)12-15-9-5-4-6-10-15/h4-6,9-10,14,16,21H,3,7-8,11-13H2,1-2H3/q+1/p+1/t14-,16?,20?/m1/s1. The van der Waals surface area contributed by atoms with Gasteiger partial charge in [-0.05, 0) is 19.4 Å². The topological polar surface area (TPSA) is 94.9 Å². The second-order valence-electron chi connectivity index (χ2n) is 6.73. The number of carbonyl (C=O) groups excluding carboxylic acids is 1. The summed E-state index contributed by atoms with van der Waals surface area (Å²) in [6.45, 7) is 3.98. The number of urea groups is 1. The van der Waals surface area contributed by atoms with Crippen molar-refractivity contribution in [2.45, 2.75) is 45.0 Å². The van der Waals surface area contributed by atoms with Crippen LogP contribution in [0.15, 0.2) is 30.3 Å². The molecule has 0 saturated carbocycles. The molecule has 2 rings (SSSR count). The third-order valence-corrected chi connectivity index (χ3v) is 6.59. The Hall–Kier alpha value is -1.82. The van der Waals surface area contributed by atoms with Gasteiger partial charge in [0, 0.05) is 25.8 Å². The van der Waals surface area contributed by atoms with Gasteiger partial charge in [0.25, 0.3) is 5.85 Å². The van der Waals surface area contributed by atoms with E-state index in [0.717, 1.165) is 5.56 Å². The zero-order valence-corrected chi connectivity index (χ0v) is 16.1. The van der Waals surface area contributed by atoms with Crippen LogP contribution in [0.4, 0.5) is 9.59 Å². The monoisotopic (exact) mass is 382 g/mol. The lowest BCUT2D eigenvalue weighted by molar-refractivity contribution is -0.791. The maximum atomic E-state index is 13.0. The van der Waals surface area contributed by atoms with E-state index in [1.807, 2.05) is 30.3 Å². The molecule has 3 amide bonds. The van der Waals surface area contributed by atoms with E-state index in [-0.39, 0.29) is 31.8 Å². The van der Waals surface area contributed by atoms with Gasteiger partial charge in [-0.15, -0.1) is 4.48 Å². The van der Waals surface area contributed by atoms with Crippen molar-refractivity contribution >= 4 is 19.9 Å². The van der Waals surface area contributed by atoms with E-state index >= 15 is 0 Å². The second kappa shape index (κ2) is 8.71. The quantitative estimate of drug-likeness (QED) is 0.580. The zero-order valence-electron chi connectivity index (χ0n) is 15.2. The minimum Gasteiger partial charge on any atom is -0.435 e. The molecule has 1 aromatic rings. The number of carbonyl (C=O) groups is 2. The number of benzene rings is 1. The number of carboxylic acid groups (broad SMARTS) is 1. The molecule has 0 radical (unpaired) electrons. The fourth-order valence-corrected chi connectivity index (χ4v) is 4.72. The summed E-state index contributed by atoms with van der Waals surface area (Å²) in [5, 5.41) is 19.9. The summed E-state index contributed by atoms with van der Waals surface area (Å²) in [5.74, 6) is -1.08. The highest BCUT2D eigenvalue weighted by Gasteiger charge is 2.55. The number of hydrogen-bond donors (Lipinski definition) is 2. The van der Waals surface area contributed by atoms with E-state index in [0.29, 0.717) is 12.8 Å². The Morgan fingerprint density at radius 3 is 2.50 bits per heavy atom. The molecule has 0 aliphatic carbocycles. The van der Waals surface area contributed by atoms with Crippen molar-refractivity contribution in [2.75, 3.05) is 19.4 Å². The van der Waals surface area contributed by atoms with Gasteiger partial charge in [-0.1, -0.05) is 34.9 Å². The normalized spacial score (nSPS) is 24.1. The highest BCUT2D eigenvalue weighted by molar-refractivity contribution is 7.45. The Bertz CT molecular complexity index is 669. The molecule has 2 N–H and O–H groups in total. The maximum Gasteiger partial charge on any atom is 0.523 e. The van der Waals surface area contributed by atoms with Gasteiger partial charge < -0.3 is 10.2 Å². The number of nitrogens with zero attached hydrogens (tertiary/aromatic N) is 2. The molecule has 1 fully saturated rings. The number of aliphatic hydroxyl groups is 1. The number of quaternary nitrogens is 1. The van der Waals surface area contributed by atoms with Crippen LogP contribution < -0.4 is 0 Å². The lowest BCUT2D eigenvalue weighted by atomic mass is 10.2. The maximum absolute atomic E-state index is 13.0. The van der Waals surface area contributed by atoms with Crippen molar-refractivity contribution < 1.29 is 28.9 Å².